The van der Waals surface area contributed by atoms with Crippen molar-refractivity contribution in [3.63, 3.8) is 0 Å². The van der Waals surface area contributed by atoms with E-state index in [2.05, 4.69) is 6.07 Å². The van der Waals surface area contributed by atoms with Crippen LogP contribution in [0.3, 0.4) is 0 Å². The summed E-state index contributed by atoms with van der Waals surface area (Å²) in [4.78, 5) is 40.2. The number of likely N-dealkylation sites (tertiary alicyclic amines) is 1. The molecule has 8 heteroatoms. The van der Waals surface area contributed by atoms with Gasteiger partial charge in [-0.3, -0.25) is 19.3 Å². The molecule has 2 heterocycles. The Morgan fingerprint density at radius 2 is 1.81 bits per heavy atom. The first kappa shape index (κ1) is 21.7. The van der Waals surface area contributed by atoms with E-state index in [1.165, 1.54) is 0 Å². The molecule has 0 spiro atoms. The molecular formula is C24H21N3O4S. The third kappa shape index (κ3) is 4.84. The summed E-state index contributed by atoms with van der Waals surface area (Å²) in [6.07, 6.45) is 3.55. The second-order valence-electron chi connectivity index (χ2n) is 7.48. The molecule has 2 aliphatic heterocycles. The second-order valence-corrected chi connectivity index (χ2v) is 8.48. The Morgan fingerprint density at radius 1 is 1.09 bits per heavy atom. The summed E-state index contributed by atoms with van der Waals surface area (Å²) in [6.45, 7) is 1.43. The van der Waals surface area contributed by atoms with Crippen LogP contribution in [-0.2, 0) is 16.2 Å². The number of rotatable bonds is 6. The number of thioether (sulfide) groups is 1. The zero-order chi connectivity index (χ0) is 22.5. The summed E-state index contributed by atoms with van der Waals surface area (Å²) in [6, 6.07) is 16.5. The highest BCUT2D eigenvalue weighted by atomic mass is 32.2. The number of carbonyl (C=O) groups is 3. The summed E-state index contributed by atoms with van der Waals surface area (Å²) in [7, 11) is 0. The molecule has 2 aliphatic rings. The Balaban J connectivity index is 1.38. The molecule has 0 atom stereocenters. The van der Waals surface area contributed by atoms with E-state index in [1.54, 1.807) is 47.4 Å². The van der Waals surface area contributed by atoms with Crippen molar-refractivity contribution in [2.75, 3.05) is 19.6 Å². The van der Waals surface area contributed by atoms with Crippen molar-refractivity contribution in [3.8, 4) is 11.8 Å². The fraction of sp³-hybridized carbons (Fsp3) is 0.250. The number of benzene rings is 2. The molecule has 3 amide bonds. The molecule has 4 rings (SSSR count). The normalized spacial score (nSPS) is 17.2. The van der Waals surface area contributed by atoms with Crippen LogP contribution in [0.5, 0.6) is 5.75 Å². The second kappa shape index (κ2) is 9.71. The number of hydrogen-bond acceptors (Lipinski definition) is 6. The number of nitrogens with zero attached hydrogens (tertiary/aromatic N) is 3. The summed E-state index contributed by atoms with van der Waals surface area (Å²) in [5, 5.41) is 8.73. The van der Waals surface area contributed by atoms with E-state index in [0.29, 0.717) is 29.3 Å². The van der Waals surface area contributed by atoms with Gasteiger partial charge in [0.2, 0.25) is 5.91 Å². The monoisotopic (exact) mass is 447 g/mol. The SMILES string of the molecule is N#Cc1ccccc1COc1ccc(/C=C2/SC(=O)N(CC(=O)N3CCCC3)C2=O)cc1. The van der Waals surface area contributed by atoms with E-state index in [1.807, 2.05) is 12.1 Å². The van der Waals surface area contributed by atoms with Crippen molar-refractivity contribution in [1.82, 2.24) is 9.80 Å². The molecular weight excluding hydrogens is 426 g/mol. The molecule has 0 unspecified atom stereocenters. The predicted molar refractivity (Wildman–Crippen MR) is 120 cm³/mol. The van der Waals surface area contributed by atoms with Gasteiger partial charge in [0.05, 0.1) is 16.5 Å². The van der Waals surface area contributed by atoms with E-state index in [-0.39, 0.29) is 19.1 Å². The Labute approximate surface area is 190 Å². The number of carbonyl (C=O) groups excluding carboxylic acids is 3. The minimum Gasteiger partial charge on any atom is -0.489 e. The van der Waals surface area contributed by atoms with Crippen LogP contribution in [0.4, 0.5) is 4.79 Å². The van der Waals surface area contributed by atoms with Crippen LogP contribution in [0.1, 0.15) is 29.5 Å². The van der Waals surface area contributed by atoms with Crippen molar-refractivity contribution >= 4 is 34.9 Å². The minimum atomic E-state index is -0.444. The van der Waals surface area contributed by atoms with Gasteiger partial charge in [-0.1, -0.05) is 30.3 Å². The summed E-state index contributed by atoms with van der Waals surface area (Å²) in [5.41, 5.74) is 2.12. The summed E-state index contributed by atoms with van der Waals surface area (Å²) in [5.74, 6) is -0.00860. The fourth-order valence-electron chi connectivity index (χ4n) is 3.57. The maximum Gasteiger partial charge on any atom is 0.294 e. The van der Waals surface area contributed by atoms with E-state index in [4.69, 9.17) is 10.00 Å². The molecule has 0 N–H and O–H groups in total. The molecule has 0 saturated carbocycles. The number of hydrogen-bond donors (Lipinski definition) is 0. The Kier molecular flexibility index (Phi) is 6.57. The smallest absolute Gasteiger partial charge is 0.294 e. The molecule has 2 saturated heterocycles. The van der Waals surface area contributed by atoms with E-state index in [0.717, 1.165) is 40.6 Å². The lowest BCUT2D eigenvalue weighted by atomic mass is 10.1. The van der Waals surface area contributed by atoms with Crippen LogP contribution in [0.2, 0.25) is 0 Å². The van der Waals surface area contributed by atoms with Crippen LogP contribution < -0.4 is 4.74 Å². The van der Waals surface area contributed by atoms with Crippen molar-refractivity contribution < 1.29 is 19.1 Å². The van der Waals surface area contributed by atoms with Gasteiger partial charge in [-0.15, -0.1) is 0 Å². The summed E-state index contributed by atoms with van der Waals surface area (Å²) >= 11 is 0.843. The number of ether oxygens (including phenoxy) is 1. The molecule has 2 aromatic rings. The molecule has 7 nitrogen and oxygen atoms in total. The highest BCUT2D eigenvalue weighted by Gasteiger charge is 2.37. The average molecular weight is 448 g/mol. The van der Waals surface area contributed by atoms with Gasteiger partial charge in [0, 0.05) is 18.7 Å². The largest absolute Gasteiger partial charge is 0.489 e. The van der Waals surface area contributed by atoms with Crippen LogP contribution in [-0.4, -0.2) is 46.5 Å². The van der Waals surface area contributed by atoms with Gasteiger partial charge >= 0.3 is 0 Å². The molecule has 0 aliphatic carbocycles. The van der Waals surface area contributed by atoms with Gasteiger partial charge in [-0.2, -0.15) is 5.26 Å². The molecule has 162 valence electrons. The maximum atomic E-state index is 12.7. The standard InChI is InChI=1S/C24H21N3O4S/c25-14-18-5-1-2-6-19(18)16-31-20-9-7-17(8-10-20)13-21-23(29)27(24(30)32-21)15-22(28)26-11-3-4-12-26/h1-2,5-10,13H,3-4,11-12,15-16H2/b21-13+. The molecule has 0 radical (unpaired) electrons. The minimum absolute atomic E-state index is 0.189. The van der Waals surface area contributed by atoms with Crippen molar-refractivity contribution in [2.24, 2.45) is 0 Å². The number of imide groups is 1. The lowest BCUT2D eigenvalue weighted by molar-refractivity contribution is -0.135. The molecule has 0 aromatic heterocycles. The zero-order valence-corrected chi connectivity index (χ0v) is 18.1. The maximum absolute atomic E-state index is 12.7. The summed E-state index contributed by atoms with van der Waals surface area (Å²) < 4.78 is 5.76. The highest BCUT2D eigenvalue weighted by molar-refractivity contribution is 8.18. The van der Waals surface area contributed by atoms with E-state index in [9.17, 15) is 14.4 Å². The Morgan fingerprint density at radius 3 is 2.53 bits per heavy atom. The van der Waals surface area contributed by atoms with Crippen LogP contribution >= 0.6 is 11.8 Å². The molecule has 2 aromatic carbocycles. The molecule has 0 bridgehead atoms. The quantitative estimate of drug-likeness (QED) is 0.626. The Bertz CT molecular complexity index is 1110. The van der Waals surface area contributed by atoms with Gasteiger partial charge < -0.3 is 9.64 Å². The Hall–Kier alpha value is -3.57. The van der Waals surface area contributed by atoms with Gasteiger partial charge in [0.15, 0.2) is 0 Å². The van der Waals surface area contributed by atoms with Gasteiger partial charge in [0.1, 0.15) is 18.9 Å². The van der Waals surface area contributed by atoms with Gasteiger partial charge in [-0.25, -0.2) is 0 Å². The van der Waals surface area contributed by atoms with E-state index < -0.39 is 11.1 Å². The first-order valence-corrected chi connectivity index (χ1v) is 11.1. The zero-order valence-electron chi connectivity index (χ0n) is 17.3. The van der Waals surface area contributed by atoms with Crippen molar-refractivity contribution in [1.29, 1.82) is 5.26 Å². The number of amides is 3. The van der Waals surface area contributed by atoms with Gasteiger partial charge in [-0.05, 0) is 54.4 Å². The van der Waals surface area contributed by atoms with Crippen LogP contribution in [0.15, 0.2) is 53.4 Å². The lowest BCUT2D eigenvalue weighted by Gasteiger charge is -2.18. The molecule has 32 heavy (non-hydrogen) atoms. The van der Waals surface area contributed by atoms with Gasteiger partial charge in [0.25, 0.3) is 11.1 Å². The topological polar surface area (TPSA) is 90.7 Å². The van der Waals surface area contributed by atoms with Crippen LogP contribution in [0.25, 0.3) is 6.08 Å². The third-order valence-electron chi connectivity index (χ3n) is 5.34. The third-order valence-corrected chi connectivity index (χ3v) is 6.24. The van der Waals surface area contributed by atoms with Crippen LogP contribution in [0, 0.1) is 11.3 Å². The number of nitriles is 1. The first-order valence-electron chi connectivity index (χ1n) is 10.3. The average Bonchev–Trinajstić information content (AvgIpc) is 3.44. The fourth-order valence-corrected chi connectivity index (χ4v) is 4.40. The van der Waals surface area contributed by atoms with Crippen molar-refractivity contribution in [2.45, 2.75) is 19.4 Å². The predicted octanol–water partition coefficient (Wildman–Crippen LogP) is 3.80. The molecule has 2 fully saturated rings. The lowest BCUT2D eigenvalue weighted by Crippen LogP contribution is -2.40. The highest BCUT2D eigenvalue weighted by Crippen LogP contribution is 2.32. The van der Waals surface area contributed by atoms with Crippen molar-refractivity contribution in [3.05, 3.63) is 70.1 Å². The van der Waals surface area contributed by atoms with E-state index >= 15 is 0 Å². The first-order chi connectivity index (χ1) is 15.5.